The van der Waals surface area contributed by atoms with Crippen molar-refractivity contribution in [3.8, 4) is 0 Å². The second-order valence-electron chi connectivity index (χ2n) is 9.94. The zero-order valence-electron chi connectivity index (χ0n) is 20.8. The number of piperidine rings is 1. The highest BCUT2D eigenvalue weighted by Gasteiger charge is 2.38. The van der Waals surface area contributed by atoms with Crippen molar-refractivity contribution >= 4 is 37.9 Å². The van der Waals surface area contributed by atoms with Crippen molar-refractivity contribution in [2.75, 3.05) is 25.9 Å². The summed E-state index contributed by atoms with van der Waals surface area (Å²) in [6.07, 6.45) is 0.297. The van der Waals surface area contributed by atoms with Gasteiger partial charge in [-0.2, -0.15) is 8.42 Å². The Balaban J connectivity index is 2.05. The number of Topliss-reactive ketones (excluding diaryl/α,β-unsaturated/α-hetero) is 1. The van der Waals surface area contributed by atoms with Crippen LogP contribution in [0.25, 0.3) is 0 Å². The lowest BCUT2D eigenvalue weighted by molar-refractivity contribution is -0.125. The minimum Gasteiger partial charge on any atom is -0.446 e. The van der Waals surface area contributed by atoms with Gasteiger partial charge >= 0.3 is 6.09 Å². The Bertz CT molecular complexity index is 1010. The molecule has 208 valence electrons. The summed E-state index contributed by atoms with van der Waals surface area (Å²) in [7, 11) is -8.24. The third-order valence-corrected chi connectivity index (χ3v) is 8.75. The molecule has 2 saturated heterocycles. The first-order chi connectivity index (χ1) is 16.6. The van der Waals surface area contributed by atoms with Gasteiger partial charge in [-0.25, -0.2) is 17.5 Å². The highest BCUT2D eigenvalue weighted by molar-refractivity contribution is 7.88. The van der Waals surface area contributed by atoms with Crippen LogP contribution in [0.15, 0.2) is 0 Å². The fourth-order valence-electron chi connectivity index (χ4n) is 4.53. The van der Waals surface area contributed by atoms with E-state index in [2.05, 4.69) is 10.6 Å². The van der Waals surface area contributed by atoms with E-state index in [1.807, 2.05) is 13.8 Å². The van der Waals surface area contributed by atoms with Gasteiger partial charge in [-0.15, -0.1) is 0 Å². The molecule has 0 aromatic carbocycles. The standard InChI is InChI=1S/C21H37N3O10S2/c1-13(2)10-17(23-21(28)34-16-5-8-24(9-6-16)35(3,29)30)18(25)12-15(20(27)36(31,32)33)11-14-4-7-22-19(14)26/h13-17,20,27H,4-12H2,1-3H3,(H,22,26)(H,23,28)(H,31,32,33)/t14-,15+,17-,20?/m0/s1. The predicted molar refractivity (Wildman–Crippen MR) is 129 cm³/mol. The van der Waals surface area contributed by atoms with Crippen molar-refractivity contribution in [1.82, 2.24) is 14.9 Å². The number of alkyl carbamates (subject to hydrolysis) is 1. The fraction of sp³-hybridized carbons (Fsp3) is 0.857. The molecule has 0 aliphatic carbocycles. The van der Waals surface area contributed by atoms with Gasteiger partial charge in [0.25, 0.3) is 10.1 Å². The molecule has 0 saturated carbocycles. The van der Waals surface area contributed by atoms with Crippen LogP contribution in [-0.4, -0.2) is 92.1 Å². The number of nitrogens with zero attached hydrogens (tertiary/aromatic N) is 1. The molecule has 2 fully saturated rings. The van der Waals surface area contributed by atoms with E-state index in [-0.39, 0.29) is 37.8 Å². The highest BCUT2D eigenvalue weighted by atomic mass is 32.2. The SMILES string of the molecule is CC(C)C[C@H](NC(=O)OC1CCN(S(C)(=O)=O)CC1)C(=O)C[C@@H](C[C@@H]1CCNC1=O)C(O)S(=O)(=O)O. The average molecular weight is 556 g/mol. The number of aliphatic hydroxyl groups is 1. The largest absolute Gasteiger partial charge is 0.446 e. The number of hydrogen-bond acceptors (Lipinski definition) is 9. The Kier molecular flexibility index (Phi) is 10.7. The minimum atomic E-state index is -4.90. The summed E-state index contributed by atoms with van der Waals surface area (Å²) >= 11 is 0. The van der Waals surface area contributed by atoms with Gasteiger partial charge in [0.2, 0.25) is 15.9 Å². The number of carbonyl (C=O) groups is 3. The van der Waals surface area contributed by atoms with Crippen LogP contribution in [0.2, 0.25) is 0 Å². The molecule has 1 unspecified atom stereocenters. The topological polar surface area (TPSA) is 196 Å². The van der Waals surface area contributed by atoms with E-state index >= 15 is 0 Å². The normalized spacial score (nSPS) is 22.6. The number of amides is 2. The number of ketones is 1. The molecule has 0 aromatic heterocycles. The van der Waals surface area contributed by atoms with Crippen molar-refractivity contribution < 1.29 is 45.6 Å². The monoisotopic (exact) mass is 555 g/mol. The lowest BCUT2D eigenvalue weighted by Crippen LogP contribution is -2.46. The molecular weight excluding hydrogens is 518 g/mol. The zero-order chi connectivity index (χ0) is 27.3. The van der Waals surface area contributed by atoms with Crippen LogP contribution in [0.5, 0.6) is 0 Å². The lowest BCUT2D eigenvalue weighted by atomic mass is 9.87. The summed E-state index contributed by atoms with van der Waals surface area (Å²) in [4.78, 5) is 37.6. The number of nitrogens with one attached hydrogen (secondary N) is 2. The van der Waals surface area contributed by atoms with Crippen LogP contribution in [0.3, 0.4) is 0 Å². The molecule has 0 spiro atoms. The number of carbonyl (C=O) groups excluding carboxylic acids is 3. The third kappa shape index (κ3) is 9.25. The summed E-state index contributed by atoms with van der Waals surface area (Å²) in [6, 6.07) is -1.05. The van der Waals surface area contributed by atoms with E-state index in [4.69, 9.17) is 4.74 Å². The van der Waals surface area contributed by atoms with Gasteiger partial charge in [-0.3, -0.25) is 14.1 Å². The van der Waals surface area contributed by atoms with Gasteiger partial charge in [-0.05, 0) is 38.0 Å². The molecule has 13 nitrogen and oxygen atoms in total. The molecule has 2 rings (SSSR count). The second-order valence-corrected chi connectivity index (χ2v) is 13.4. The fourth-order valence-corrected chi connectivity index (χ4v) is 6.10. The van der Waals surface area contributed by atoms with E-state index in [0.717, 1.165) is 6.26 Å². The Labute approximate surface area is 212 Å². The third-order valence-electron chi connectivity index (χ3n) is 6.45. The van der Waals surface area contributed by atoms with E-state index in [1.54, 1.807) is 0 Å². The first-order valence-electron chi connectivity index (χ1n) is 11.9. The Hall–Kier alpha value is -1.81. The van der Waals surface area contributed by atoms with Gasteiger partial charge in [0.15, 0.2) is 11.2 Å². The van der Waals surface area contributed by atoms with Crippen molar-refractivity contribution in [1.29, 1.82) is 0 Å². The summed E-state index contributed by atoms with van der Waals surface area (Å²) in [5, 5.41) is 15.3. The first-order valence-corrected chi connectivity index (χ1v) is 15.3. The molecule has 4 N–H and O–H groups in total. The van der Waals surface area contributed by atoms with Gasteiger partial charge in [0.1, 0.15) is 6.10 Å². The molecule has 0 bridgehead atoms. The summed E-state index contributed by atoms with van der Waals surface area (Å²) in [5.41, 5.74) is -2.26. The molecule has 0 radical (unpaired) electrons. The number of aliphatic hydroxyl groups excluding tert-OH is 1. The second kappa shape index (κ2) is 12.6. The summed E-state index contributed by atoms with van der Waals surface area (Å²) in [5.74, 6) is -2.80. The van der Waals surface area contributed by atoms with E-state index in [0.29, 0.717) is 25.8 Å². The lowest BCUT2D eigenvalue weighted by Gasteiger charge is -2.30. The van der Waals surface area contributed by atoms with Crippen LogP contribution in [0.4, 0.5) is 4.79 Å². The Morgan fingerprint density at radius 3 is 2.25 bits per heavy atom. The quantitative estimate of drug-likeness (QED) is 0.235. The summed E-state index contributed by atoms with van der Waals surface area (Å²) in [6.45, 7) is 4.44. The maximum atomic E-state index is 13.1. The Morgan fingerprint density at radius 2 is 1.78 bits per heavy atom. The molecule has 2 aliphatic rings. The van der Waals surface area contributed by atoms with Crippen LogP contribution in [-0.2, 0) is 34.5 Å². The van der Waals surface area contributed by atoms with E-state index in [9.17, 15) is 40.9 Å². The minimum absolute atomic E-state index is 0.0391. The number of hydrogen-bond donors (Lipinski definition) is 4. The van der Waals surface area contributed by atoms with Crippen LogP contribution in [0.1, 0.15) is 52.4 Å². The maximum Gasteiger partial charge on any atom is 0.407 e. The van der Waals surface area contributed by atoms with Crippen molar-refractivity contribution in [3.63, 3.8) is 0 Å². The van der Waals surface area contributed by atoms with Gasteiger partial charge in [0, 0.05) is 37.9 Å². The van der Waals surface area contributed by atoms with Gasteiger partial charge in [-0.1, -0.05) is 13.8 Å². The molecule has 2 amide bonds. The molecule has 2 heterocycles. The highest BCUT2D eigenvalue weighted by Crippen LogP contribution is 2.28. The number of sulfonamides is 1. The zero-order valence-corrected chi connectivity index (χ0v) is 22.4. The predicted octanol–water partition coefficient (Wildman–Crippen LogP) is -0.141. The van der Waals surface area contributed by atoms with Crippen molar-refractivity contribution in [2.45, 2.75) is 70.0 Å². The maximum absolute atomic E-state index is 13.1. The molecular formula is C21H37N3O10S2. The number of rotatable bonds is 12. The molecule has 4 atom stereocenters. The first kappa shape index (κ1) is 30.4. The van der Waals surface area contributed by atoms with Gasteiger partial charge < -0.3 is 20.5 Å². The van der Waals surface area contributed by atoms with Crippen molar-refractivity contribution in [2.24, 2.45) is 17.8 Å². The summed E-state index contributed by atoms with van der Waals surface area (Å²) < 4.78 is 62.5. The molecule has 36 heavy (non-hydrogen) atoms. The Morgan fingerprint density at radius 1 is 1.17 bits per heavy atom. The number of ether oxygens (including phenoxy) is 1. The smallest absolute Gasteiger partial charge is 0.407 e. The van der Waals surface area contributed by atoms with Crippen LogP contribution < -0.4 is 10.6 Å². The van der Waals surface area contributed by atoms with Crippen molar-refractivity contribution in [3.05, 3.63) is 0 Å². The van der Waals surface area contributed by atoms with Crippen LogP contribution >= 0.6 is 0 Å². The average Bonchev–Trinajstić information content (AvgIpc) is 3.15. The molecule has 15 heteroatoms. The molecule has 0 aromatic rings. The van der Waals surface area contributed by atoms with E-state index in [1.165, 1.54) is 4.31 Å². The van der Waals surface area contributed by atoms with Gasteiger partial charge in [0.05, 0.1) is 12.3 Å². The van der Waals surface area contributed by atoms with E-state index < -0.39 is 67.9 Å². The molecule has 2 aliphatic heterocycles. The van der Waals surface area contributed by atoms with Crippen LogP contribution in [0, 0.1) is 17.8 Å².